The zero-order chi connectivity index (χ0) is 17.8. The number of rotatable bonds is 4. The molecule has 0 unspecified atom stereocenters. The molecule has 2 bridgehead atoms. The second-order valence-corrected chi connectivity index (χ2v) is 9.27. The Morgan fingerprint density at radius 1 is 1.29 bits per heavy atom. The van der Waals surface area contributed by atoms with Crippen LogP contribution in [-0.4, -0.2) is 32.7 Å². The number of ether oxygens (including phenoxy) is 1. The van der Waals surface area contributed by atoms with Gasteiger partial charge in [-0.05, 0) is 49.1 Å². The highest BCUT2D eigenvalue weighted by Gasteiger charge is 2.63. The fourth-order valence-corrected chi connectivity index (χ4v) is 4.92. The van der Waals surface area contributed by atoms with Crippen LogP contribution in [0.15, 0.2) is 24.3 Å². The average Bonchev–Trinajstić information content (AvgIpc) is 2.80. The Balaban J connectivity index is 1.68. The number of aryl methyl sites for hydroxylation is 1. The van der Waals surface area contributed by atoms with Crippen molar-refractivity contribution in [3.05, 3.63) is 29.8 Å². The molecule has 0 radical (unpaired) electrons. The van der Waals surface area contributed by atoms with E-state index in [0.29, 0.717) is 16.9 Å². The van der Waals surface area contributed by atoms with Crippen LogP contribution in [0.4, 0.5) is 5.69 Å². The van der Waals surface area contributed by atoms with Gasteiger partial charge in [0.25, 0.3) is 0 Å². The summed E-state index contributed by atoms with van der Waals surface area (Å²) in [4.78, 5) is 12.7. The molecule has 0 spiro atoms. The molecule has 1 aromatic carbocycles. The highest BCUT2D eigenvalue weighted by Crippen LogP contribution is 2.66. The fraction of sp³-hybridized carbons (Fsp3) is 0.667. The molecule has 2 aliphatic rings. The van der Waals surface area contributed by atoms with Gasteiger partial charge in [-0.3, -0.25) is 4.48 Å². The number of carbonyl (C=O) groups is 1. The number of hydrogen-bond donors (Lipinski definition) is 0. The van der Waals surface area contributed by atoms with E-state index in [4.69, 9.17) is 4.74 Å². The normalized spacial score (nSPS) is 31.2. The number of likely N-dealkylation sites (N-methyl/N-ethyl adjacent to an activating group) is 1. The first-order valence-corrected chi connectivity index (χ1v) is 9.16. The molecule has 0 heterocycles. The fourth-order valence-electron chi connectivity index (χ4n) is 4.92. The predicted octanol–water partition coefficient (Wildman–Crippen LogP) is 4.32. The molecule has 3 rings (SSSR count). The molecule has 24 heavy (non-hydrogen) atoms. The van der Waals surface area contributed by atoms with Crippen LogP contribution in [0.25, 0.3) is 0 Å². The lowest BCUT2D eigenvalue weighted by Gasteiger charge is -2.38. The van der Waals surface area contributed by atoms with Crippen molar-refractivity contribution >= 4 is 11.7 Å². The van der Waals surface area contributed by atoms with Gasteiger partial charge in [0, 0.05) is 11.5 Å². The Hall–Kier alpha value is -1.35. The van der Waals surface area contributed by atoms with Crippen molar-refractivity contribution in [2.45, 2.75) is 53.1 Å². The number of nitrogens with zero attached hydrogens (tertiary/aromatic N) is 1. The molecule has 0 saturated heterocycles. The summed E-state index contributed by atoms with van der Waals surface area (Å²) in [6, 6.07) is 8.37. The van der Waals surface area contributed by atoms with Crippen LogP contribution in [0.2, 0.25) is 0 Å². The van der Waals surface area contributed by atoms with Gasteiger partial charge in [-0.25, -0.2) is 4.79 Å². The number of benzene rings is 1. The van der Waals surface area contributed by atoms with Gasteiger partial charge in [0.2, 0.25) is 0 Å². The number of fused-ring (bicyclic) bond motifs is 2. The maximum absolute atomic E-state index is 12.7. The molecular formula is C21H32NO2+. The zero-order valence-electron chi connectivity index (χ0n) is 16.1. The van der Waals surface area contributed by atoms with Gasteiger partial charge in [-0.1, -0.05) is 32.9 Å². The van der Waals surface area contributed by atoms with Crippen LogP contribution < -0.4 is 4.48 Å². The summed E-state index contributed by atoms with van der Waals surface area (Å²) in [5.41, 5.74) is 2.77. The minimum atomic E-state index is -0.0731. The summed E-state index contributed by atoms with van der Waals surface area (Å²) < 4.78 is 6.54. The zero-order valence-corrected chi connectivity index (χ0v) is 16.1. The van der Waals surface area contributed by atoms with E-state index in [2.05, 4.69) is 66.1 Å². The summed E-state index contributed by atoms with van der Waals surface area (Å²) in [7, 11) is 4.14. The van der Waals surface area contributed by atoms with Crippen LogP contribution in [0, 0.1) is 23.7 Å². The van der Waals surface area contributed by atoms with E-state index in [1.807, 2.05) is 0 Å². The van der Waals surface area contributed by atoms with Crippen molar-refractivity contribution in [3.8, 4) is 0 Å². The number of hydrogen-bond acceptors (Lipinski definition) is 2. The molecule has 2 aliphatic carbocycles. The smallest absolute Gasteiger partial charge is 0.362 e. The molecule has 0 aromatic heterocycles. The Morgan fingerprint density at radius 2 is 2.00 bits per heavy atom. The largest absolute Gasteiger partial charge is 0.458 e. The summed E-state index contributed by atoms with van der Waals surface area (Å²) in [5.74, 6) is 0.621. The van der Waals surface area contributed by atoms with Gasteiger partial charge in [-0.2, -0.15) is 0 Å². The third kappa shape index (κ3) is 2.67. The molecule has 3 heteroatoms. The molecule has 3 atom stereocenters. The molecule has 0 N–H and O–H groups in total. The van der Waals surface area contributed by atoms with E-state index in [-0.39, 0.29) is 22.9 Å². The Bertz CT molecular complexity index is 649. The maximum Gasteiger partial charge on any atom is 0.362 e. The highest BCUT2D eigenvalue weighted by molar-refractivity contribution is 5.74. The van der Waals surface area contributed by atoms with Crippen LogP contribution in [0.1, 0.15) is 45.6 Å². The first-order chi connectivity index (χ1) is 11.1. The minimum absolute atomic E-state index is 0.0731. The molecule has 2 fully saturated rings. The van der Waals surface area contributed by atoms with Crippen molar-refractivity contribution in [1.29, 1.82) is 0 Å². The van der Waals surface area contributed by atoms with E-state index in [0.717, 1.165) is 12.1 Å². The Kier molecular flexibility index (Phi) is 4.07. The van der Waals surface area contributed by atoms with Crippen LogP contribution >= 0.6 is 0 Å². The van der Waals surface area contributed by atoms with Crippen molar-refractivity contribution in [2.24, 2.45) is 16.7 Å². The highest BCUT2D eigenvalue weighted by atomic mass is 16.5. The van der Waals surface area contributed by atoms with Crippen molar-refractivity contribution < 1.29 is 9.53 Å². The van der Waals surface area contributed by atoms with E-state index >= 15 is 0 Å². The average molecular weight is 330 g/mol. The molecule has 0 amide bonds. The first-order valence-electron chi connectivity index (χ1n) is 9.16. The molecular weight excluding hydrogens is 298 g/mol. The summed E-state index contributed by atoms with van der Waals surface area (Å²) in [6.45, 7) is 9.48. The molecule has 0 aliphatic heterocycles. The summed E-state index contributed by atoms with van der Waals surface area (Å²) in [5, 5.41) is 0. The van der Waals surface area contributed by atoms with Crippen LogP contribution in [0.5, 0.6) is 0 Å². The topological polar surface area (TPSA) is 26.3 Å². The van der Waals surface area contributed by atoms with Gasteiger partial charge >= 0.3 is 5.97 Å². The first kappa shape index (κ1) is 17.5. The monoisotopic (exact) mass is 330 g/mol. The standard InChI is InChI=1S/C21H32NO2/c1-15-8-7-9-17(12-15)22(5,6)14-19(23)24-18-13-16-10-11-21(18,4)20(16,2)3/h7-9,12,16,18H,10-11,13-14H2,1-6H3/q+1/t16-,18+,21-/m0/s1. The second-order valence-electron chi connectivity index (χ2n) is 9.27. The van der Waals surface area contributed by atoms with Crippen molar-refractivity contribution in [1.82, 2.24) is 4.48 Å². The van der Waals surface area contributed by atoms with E-state index in [1.165, 1.54) is 18.4 Å². The van der Waals surface area contributed by atoms with Crippen LogP contribution in [0.3, 0.4) is 0 Å². The number of esters is 1. The lowest BCUT2D eigenvalue weighted by atomic mass is 9.70. The van der Waals surface area contributed by atoms with E-state index in [9.17, 15) is 4.79 Å². The van der Waals surface area contributed by atoms with Gasteiger partial charge in [0.15, 0.2) is 6.54 Å². The molecule has 132 valence electrons. The third-order valence-corrected chi connectivity index (χ3v) is 7.21. The second kappa shape index (κ2) is 5.59. The maximum atomic E-state index is 12.7. The van der Waals surface area contributed by atoms with Gasteiger partial charge in [0.05, 0.1) is 14.1 Å². The van der Waals surface area contributed by atoms with E-state index in [1.54, 1.807) is 0 Å². The number of carbonyl (C=O) groups excluding carboxylic acids is 1. The van der Waals surface area contributed by atoms with Gasteiger partial charge in [-0.15, -0.1) is 0 Å². The van der Waals surface area contributed by atoms with Crippen molar-refractivity contribution in [3.63, 3.8) is 0 Å². The van der Waals surface area contributed by atoms with Gasteiger partial charge in [0.1, 0.15) is 11.8 Å². The Labute approximate surface area is 146 Å². The quantitative estimate of drug-likeness (QED) is 0.607. The summed E-state index contributed by atoms with van der Waals surface area (Å²) >= 11 is 0. The molecule has 1 aromatic rings. The number of quaternary nitrogens is 1. The van der Waals surface area contributed by atoms with Gasteiger partial charge < -0.3 is 4.74 Å². The van der Waals surface area contributed by atoms with Crippen LogP contribution in [-0.2, 0) is 9.53 Å². The van der Waals surface area contributed by atoms with E-state index < -0.39 is 0 Å². The lowest BCUT2D eigenvalue weighted by molar-refractivity contribution is -0.157. The lowest BCUT2D eigenvalue weighted by Crippen LogP contribution is -2.47. The Morgan fingerprint density at radius 3 is 2.54 bits per heavy atom. The molecule has 3 nitrogen and oxygen atoms in total. The SMILES string of the molecule is Cc1cccc([N+](C)(C)CC(=O)O[C@@H]2C[C@@H]3CC[C@]2(C)C3(C)C)c1. The predicted molar refractivity (Wildman–Crippen MR) is 98.8 cm³/mol. The minimum Gasteiger partial charge on any atom is -0.458 e. The third-order valence-electron chi connectivity index (χ3n) is 7.21. The van der Waals surface area contributed by atoms with Crippen molar-refractivity contribution in [2.75, 3.05) is 20.6 Å². The molecule has 2 saturated carbocycles. The summed E-state index contributed by atoms with van der Waals surface area (Å²) in [6.07, 6.45) is 3.57.